The van der Waals surface area contributed by atoms with Crippen molar-refractivity contribution in [2.24, 2.45) is 11.8 Å². The van der Waals surface area contributed by atoms with Crippen molar-refractivity contribution in [2.45, 2.75) is 310 Å². The number of carbonyl (C=O) groups is 3. The molecule has 362 valence electrons. The number of carbonyl (C=O) groups excluding carboxylic acids is 3. The van der Waals surface area contributed by atoms with Crippen LogP contribution in [0.5, 0.6) is 0 Å². The second kappa shape index (κ2) is 47.9. The topological polar surface area (TPSA) is 78.9 Å². The minimum atomic E-state index is -0.762. The summed E-state index contributed by atoms with van der Waals surface area (Å²) in [5, 5.41) is 0. The second-order valence-electron chi connectivity index (χ2n) is 19.8. The fraction of sp³-hybridized carbons (Fsp3) is 0.945. The lowest BCUT2D eigenvalue weighted by molar-refractivity contribution is -0.167. The van der Waals surface area contributed by atoms with E-state index in [-0.39, 0.29) is 31.1 Å². The van der Waals surface area contributed by atoms with Crippen molar-refractivity contribution in [3.8, 4) is 0 Å². The smallest absolute Gasteiger partial charge is 0.306 e. The van der Waals surface area contributed by atoms with Crippen LogP contribution in [0.4, 0.5) is 0 Å². The lowest BCUT2D eigenvalue weighted by Crippen LogP contribution is -2.30. The largest absolute Gasteiger partial charge is 0.462 e. The number of ether oxygens (including phenoxy) is 3. The first-order valence-corrected chi connectivity index (χ1v) is 27.2. The summed E-state index contributed by atoms with van der Waals surface area (Å²) in [6.45, 7) is 11.4. The SMILES string of the molecule is CCCCCCCCCCCCCCC(=O)OC[C@H](COC(=O)CCCCCCCCCCCCCCCCC(C)C)OC(=O)CCCCCCCCCCCCCC(C)C. The van der Waals surface area contributed by atoms with Crippen molar-refractivity contribution in [3.63, 3.8) is 0 Å². The van der Waals surface area contributed by atoms with Crippen LogP contribution in [0.3, 0.4) is 0 Å². The summed E-state index contributed by atoms with van der Waals surface area (Å²) < 4.78 is 16.8. The predicted octanol–water partition coefficient (Wildman–Crippen LogP) is 17.7. The van der Waals surface area contributed by atoms with Gasteiger partial charge in [-0.15, -0.1) is 0 Å². The number of hydrogen-bond donors (Lipinski definition) is 0. The maximum atomic E-state index is 12.8. The standard InChI is InChI=1S/C55H106O6/c1-6-7-8-9-10-11-12-20-25-30-35-40-45-53(56)59-48-52(61-55(58)47-42-37-32-27-22-17-19-24-29-34-39-44-51(4)5)49-60-54(57)46-41-36-31-26-21-16-14-13-15-18-23-28-33-38-43-50(2)3/h50-52H,6-49H2,1-5H3/t52-/m1/s1. The molecule has 0 aromatic rings. The van der Waals surface area contributed by atoms with E-state index in [2.05, 4.69) is 34.6 Å². The third kappa shape index (κ3) is 49.3. The normalized spacial score (nSPS) is 12.0. The number of unbranched alkanes of at least 4 members (excludes halogenated alkanes) is 34. The van der Waals surface area contributed by atoms with Crippen molar-refractivity contribution < 1.29 is 28.6 Å². The molecule has 0 bridgehead atoms. The van der Waals surface area contributed by atoms with Crippen molar-refractivity contribution in [2.75, 3.05) is 13.2 Å². The molecule has 6 nitrogen and oxygen atoms in total. The van der Waals surface area contributed by atoms with Crippen molar-refractivity contribution in [1.29, 1.82) is 0 Å². The molecule has 1 atom stereocenters. The Hall–Kier alpha value is -1.59. The van der Waals surface area contributed by atoms with E-state index in [9.17, 15) is 14.4 Å². The van der Waals surface area contributed by atoms with Gasteiger partial charge in [0.1, 0.15) is 13.2 Å². The van der Waals surface area contributed by atoms with Crippen LogP contribution in [0.1, 0.15) is 304 Å². The van der Waals surface area contributed by atoms with Crippen LogP contribution in [0.15, 0.2) is 0 Å². The molecule has 0 saturated heterocycles. The van der Waals surface area contributed by atoms with Crippen LogP contribution < -0.4 is 0 Å². The van der Waals surface area contributed by atoms with Crippen LogP contribution in [0.25, 0.3) is 0 Å². The average molecular weight is 863 g/mol. The number of esters is 3. The lowest BCUT2D eigenvalue weighted by atomic mass is 10.0. The monoisotopic (exact) mass is 863 g/mol. The molecule has 0 unspecified atom stereocenters. The van der Waals surface area contributed by atoms with Crippen LogP contribution in [0.2, 0.25) is 0 Å². The third-order valence-electron chi connectivity index (χ3n) is 12.5. The zero-order chi connectivity index (χ0) is 44.7. The van der Waals surface area contributed by atoms with Gasteiger partial charge in [0, 0.05) is 19.3 Å². The molecule has 0 aliphatic rings. The molecule has 0 spiro atoms. The molecule has 0 aromatic heterocycles. The molecule has 0 rings (SSSR count). The van der Waals surface area contributed by atoms with E-state index >= 15 is 0 Å². The zero-order valence-corrected chi connectivity index (χ0v) is 41.8. The Labute approximate surface area is 380 Å². The summed E-state index contributed by atoms with van der Waals surface area (Å²) in [6, 6.07) is 0. The fourth-order valence-electron chi connectivity index (χ4n) is 8.34. The number of hydrogen-bond acceptors (Lipinski definition) is 6. The van der Waals surface area contributed by atoms with E-state index in [1.54, 1.807) is 0 Å². The van der Waals surface area contributed by atoms with Crippen LogP contribution in [-0.4, -0.2) is 37.2 Å². The first-order chi connectivity index (χ1) is 29.7. The molecule has 0 aliphatic carbocycles. The number of rotatable bonds is 49. The van der Waals surface area contributed by atoms with Crippen LogP contribution >= 0.6 is 0 Å². The van der Waals surface area contributed by atoms with E-state index in [1.807, 2.05) is 0 Å². The van der Waals surface area contributed by atoms with E-state index in [1.165, 1.54) is 193 Å². The second-order valence-corrected chi connectivity index (χ2v) is 19.8. The minimum Gasteiger partial charge on any atom is -0.462 e. The van der Waals surface area contributed by atoms with E-state index in [0.29, 0.717) is 19.3 Å². The first-order valence-electron chi connectivity index (χ1n) is 27.2. The van der Waals surface area contributed by atoms with Gasteiger partial charge in [-0.3, -0.25) is 14.4 Å². The highest BCUT2D eigenvalue weighted by Gasteiger charge is 2.19. The molecule has 6 heteroatoms. The zero-order valence-electron chi connectivity index (χ0n) is 41.8. The molecule has 0 N–H and O–H groups in total. The predicted molar refractivity (Wildman–Crippen MR) is 261 cm³/mol. The van der Waals surface area contributed by atoms with Gasteiger partial charge in [-0.2, -0.15) is 0 Å². The Morgan fingerprint density at radius 2 is 0.541 bits per heavy atom. The van der Waals surface area contributed by atoms with Gasteiger partial charge >= 0.3 is 17.9 Å². The fourth-order valence-corrected chi connectivity index (χ4v) is 8.34. The lowest BCUT2D eigenvalue weighted by Gasteiger charge is -2.18. The molecule has 61 heavy (non-hydrogen) atoms. The highest BCUT2D eigenvalue weighted by molar-refractivity contribution is 5.71. The van der Waals surface area contributed by atoms with Crippen molar-refractivity contribution in [1.82, 2.24) is 0 Å². The summed E-state index contributed by atoms with van der Waals surface area (Å²) in [7, 11) is 0. The quantitative estimate of drug-likeness (QED) is 0.0344. The van der Waals surface area contributed by atoms with Crippen molar-refractivity contribution in [3.05, 3.63) is 0 Å². The van der Waals surface area contributed by atoms with E-state index < -0.39 is 6.10 Å². The van der Waals surface area contributed by atoms with Gasteiger partial charge in [0.25, 0.3) is 0 Å². The molecule has 0 saturated carbocycles. The van der Waals surface area contributed by atoms with E-state index in [4.69, 9.17) is 14.2 Å². The Kier molecular flexibility index (Phi) is 46.6. The molecular formula is C55H106O6. The van der Waals surface area contributed by atoms with Gasteiger partial charge in [0.2, 0.25) is 0 Å². The van der Waals surface area contributed by atoms with E-state index in [0.717, 1.165) is 69.6 Å². The Balaban J connectivity index is 4.29. The third-order valence-corrected chi connectivity index (χ3v) is 12.5. The molecular weight excluding hydrogens is 757 g/mol. The van der Waals surface area contributed by atoms with Gasteiger partial charge in [-0.25, -0.2) is 0 Å². The molecule has 0 amide bonds. The summed E-state index contributed by atoms with van der Waals surface area (Å²) in [4.78, 5) is 38.0. The highest BCUT2D eigenvalue weighted by atomic mass is 16.6. The maximum absolute atomic E-state index is 12.8. The minimum absolute atomic E-state index is 0.0632. The van der Waals surface area contributed by atoms with Crippen molar-refractivity contribution >= 4 is 17.9 Å². The summed E-state index contributed by atoms with van der Waals surface area (Å²) in [6.07, 6.45) is 49.4. The van der Waals surface area contributed by atoms with Gasteiger partial charge in [-0.1, -0.05) is 266 Å². The summed E-state index contributed by atoms with van der Waals surface area (Å²) >= 11 is 0. The Morgan fingerprint density at radius 3 is 0.803 bits per heavy atom. The molecule has 0 radical (unpaired) electrons. The maximum Gasteiger partial charge on any atom is 0.306 e. The summed E-state index contributed by atoms with van der Waals surface area (Å²) in [5.41, 5.74) is 0. The first kappa shape index (κ1) is 59.4. The molecule has 0 fully saturated rings. The van der Waals surface area contributed by atoms with Crippen LogP contribution in [0, 0.1) is 11.8 Å². The average Bonchev–Trinajstić information content (AvgIpc) is 3.23. The molecule has 0 aliphatic heterocycles. The molecule has 0 heterocycles. The van der Waals surface area contributed by atoms with Crippen LogP contribution in [-0.2, 0) is 28.6 Å². The Morgan fingerprint density at radius 1 is 0.311 bits per heavy atom. The van der Waals surface area contributed by atoms with Gasteiger partial charge < -0.3 is 14.2 Å². The van der Waals surface area contributed by atoms with Gasteiger partial charge in [-0.05, 0) is 31.1 Å². The molecule has 0 aromatic carbocycles. The van der Waals surface area contributed by atoms with Gasteiger partial charge in [0.05, 0.1) is 0 Å². The summed E-state index contributed by atoms with van der Waals surface area (Å²) in [5.74, 6) is 0.826. The highest BCUT2D eigenvalue weighted by Crippen LogP contribution is 2.18. The Bertz CT molecular complexity index is 931. The van der Waals surface area contributed by atoms with Gasteiger partial charge in [0.15, 0.2) is 6.10 Å².